The molecule has 0 amide bonds. The van der Waals surface area contributed by atoms with Gasteiger partial charge >= 0.3 is 0 Å². The number of nitrogens with one attached hydrogen (secondary N) is 1. The maximum Gasteiger partial charge on any atom is 0.0756 e. The summed E-state index contributed by atoms with van der Waals surface area (Å²) >= 11 is 0. The quantitative estimate of drug-likeness (QED) is 0.668. The van der Waals surface area contributed by atoms with Gasteiger partial charge in [-0.3, -0.25) is 9.97 Å². The maximum absolute atomic E-state index is 8.74. The van der Waals surface area contributed by atoms with E-state index in [0.29, 0.717) is 6.42 Å². The van der Waals surface area contributed by atoms with E-state index in [2.05, 4.69) is 15.3 Å². The van der Waals surface area contributed by atoms with Crippen molar-refractivity contribution in [3.05, 3.63) is 24.3 Å². The lowest BCUT2D eigenvalue weighted by molar-refractivity contribution is 0.267. The van der Waals surface area contributed by atoms with Crippen molar-refractivity contribution in [2.75, 3.05) is 13.7 Å². The average molecular weight is 167 g/mol. The molecule has 0 radical (unpaired) electrons. The van der Waals surface area contributed by atoms with Crippen molar-refractivity contribution in [3.63, 3.8) is 0 Å². The molecule has 0 bridgehead atoms. The maximum atomic E-state index is 8.74. The normalized spacial score (nSPS) is 12.8. The van der Waals surface area contributed by atoms with Crippen molar-refractivity contribution >= 4 is 0 Å². The Labute approximate surface area is 71.7 Å². The monoisotopic (exact) mass is 167 g/mol. The molecule has 66 valence electrons. The molecule has 1 aromatic rings. The number of aliphatic hydroxyl groups excluding tert-OH is 1. The highest BCUT2D eigenvalue weighted by Crippen LogP contribution is 2.10. The van der Waals surface area contributed by atoms with Gasteiger partial charge in [0.1, 0.15) is 0 Å². The molecule has 1 rings (SSSR count). The van der Waals surface area contributed by atoms with Crippen molar-refractivity contribution < 1.29 is 5.11 Å². The summed E-state index contributed by atoms with van der Waals surface area (Å²) in [4.78, 5) is 8.08. The zero-order valence-corrected chi connectivity index (χ0v) is 7.07. The molecule has 0 aliphatic heterocycles. The molecule has 0 aromatic carbocycles. The largest absolute Gasteiger partial charge is 0.396 e. The summed E-state index contributed by atoms with van der Waals surface area (Å²) in [5.74, 6) is 0. The van der Waals surface area contributed by atoms with Gasteiger partial charge in [0, 0.05) is 25.2 Å². The Hall–Kier alpha value is -1.00. The molecule has 4 nitrogen and oxygen atoms in total. The van der Waals surface area contributed by atoms with Gasteiger partial charge < -0.3 is 10.4 Å². The van der Waals surface area contributed by atoms with Crippen molar-refractivity contribution in [1.82, 2.24) is 15.3 Å². The van der Waals surface area contributed by atoms with E-state index in [-0.39, 0.29) is 12.6 Å². The van der Waals surface area contributed by atoms with Crippen LogP contribution < -0.4 is 5.32 Å². The van der Waals surface area contributed by atoms with Crippen LogP contribution in [0.2, 0.25) is 0 Å². The van der Waals surface area contributed by atoms with Crippen molar-refractivity contribution in [2.45, 2.75) is 12.5 Å². The van der Waals surface area contributed by atoms with Crippen LogP contribution in [0.4, 0.5) is 0 Å². The molecule has 2 N–H and O–H groups in total. The smallest absolute Gasteiger partial charge is 0.0756 e. The Bertz CT molecular complexity index is 215. The van der Waals surface area contributed by atoms with Crippen LogP contribution in [0.3, 0.4) is 0 Å². The molecule has 0 fully saturated rings. The predicted octanol–water partition coefficient (Wildman–Crippen LogP) is 0.119. The van der Waals surface area contributed by atoms with Gasteiger partial charge in [-0.1, -0.05) is 0 Å². The van der Waals surface area contributed by atoms with Gasteiger partial charge in [0.2, 0.25) is 0 Å². The minimum Gasteiger partial charge on any atom is -0.396 e. The lowest BCUT2D eigenvalue weighted by Crippen LogP contribution is -2.18. The molecule has 1 heterocycles. The minimum atomic E-state index is 0.101. The number of aliphatic hydroxyl groups is 1. The summed E-state index contributed by atoms with van der Waals surface area (Å²) in [6.07, 6.45) is 5.65. The topological polar surface area (TPSA) is 58.0 Å². The van der Waals surface area contributed by atoms with Crippen LogP contribution >= 0.6 is 0 Å². The van der Waals surface area contributed by atoms with E-state index in [1.54, 1.807) is 18.6 Å². The standard InChI is InChI=1S/C8H13N3O/c1-9-7(2-5-12)8-6-10-3-4-11-8/h3-4,6-7,9,12H,2,5H2,1H3/t7-/m0/s1. The van der Waals surface area contributed by atoms with Crippen LogP contribution in [0, 0.1) is 0 Å². The van der Waals surface area contributed by atoms with Gasteiger partial charge in [-0.2, -0.15) is 0 Å². The molecule has 4 heteroatoms. The molecule has 0 spiro atoms. The van der Waals surface area contributed by atoms with E-state index in [0.717, 1.165) is 5.69 Å². The molecule has 1 atom stereocenters. The summed E-state index contributed by atoms with van der Waals surface area (Å²) < 4.78 is 0. The molecule has 0 unspecified atom stereocenters. The Balaban J connectivity index is 2.66. The van der Waals surface area contributed by atoms with Crippen LogP contribution in [0.15, 0.2) is 18.6 Å². The van der Waals surface area contributed by atoms with Gasteiger partial charge in [0.05, 0.1) is 11.7 Å². The van der Waals surface area contributed by atoms with E-state index < -0.39 is 0 Å². The van der Waals surface area contributed by atoms with Crippen LogP contribution in [0.5, 0.6) is 0 Å². The number of aromatic nitrogens is 2. The Kier molecular flexibility index (Phi) is 3.63. The molecular weight excluding hydrogens is 154 g/mol. The first kappa shape index (κ1) is 9.09. The van der Waals surface area contributed by atoms with Gasteiger partial charge in [-0.05, 0) is 13.5 Å². The third-order valence-electron chi connectivity index (χ3n) is 1.71. The van der Waals surface area contributed by atoms with Crippen LogP contribution in [0.25, 0.3) is 0 Å². The third kappa shape index (κ3) is 2.25. The average Bonchev–Trinajstić information content (AvgIpc) is 2.15. The zero-order chi connectivity index (χ0) is 8.81. The summed E-state index contributed by atoms with van der Waals surface area (Å²) in [6.45, 7) is 0.155. The lowest BCUT2D eigenvalue weighted by Gasteiger charge is -2.12. The summed E-state index contributed by atoms with van der Waals surface area (Å²) in [6, 6.07) is 0.101. The molecule has 1 aromatic heterocycles. The molecule has 0 saturated heterocycles. The molecule has 0 saturated carbocycles. The SMILES string of the molecule is CN[C@@H](CCO)c1cnccn1. The van der Waals surface area contributed by atoms with E-state index >= 15 is 0 Å². The van der Waals surface area contributed by atoms with E-state index in [1.165, 1.54) is 0 Å². The highest BCUT2D eigenvalue weighted by atomic mass is 16.3. The fourth-order valence-corrected chi connectivity index (χ4v) is 1.06. The second-order valence-electron chi connectivity index (χ2n) is 2.48. The highest BCUT2D eigenvalue weighted by Gasteiger charge is 2.08. The zero-order valence-electron chi connectivity index (χ0n) is 7.07. The first-order valence-corrected chi connectivity index (χ1v) is 3.92. The van der Waals surface area contributed by atoms with Gasteiger partial charge in [0.25, 0.3) is 0 Å². The van der Waals surface area contributed by atoms with E-state index in [4.69, 9.17) is 5.11 Å². The van der Waals surface area contributed by atoms with Gasteiger partial charge in [-0.15, -0.1) is 0 Å². The fraction of sp³-hybridized carbons (Fsp3) is 0.500. The number of rotatable bonds is 4. The third-order valence-corrected chi connectivity index (χ3v) is 1.71. The fourth-order valence-electron chi connectivity index (χ4n) is 1.06. The van der Waals surface area contributed by atoms with Gasteiger partial charge in [0.15, 0.2) is 0 Å². The van der Waals surface area contributed by atoms with Gasteiger partial charge in [-0.25, -0.2) is 0 Å². The van der Waals surface area contributed by atoms with Crippen LogP contribution in [0.1, 0.15) is 18.2 Å². The Morgan fingerprint density at radius 3 is 2.92 bits per heavy atom. The molecule has 0 aliphatic carbocycles. The molecular formula is C8H13N3O. The highest BCUT2D eigenvalue weighted by molar-refractivity contribution is 5.01. The van der Waals surface area contributed by atoms with Crippen molar-refractivity contribution in [1.29, 1.82) is 0 Å². The Morgan fingerprint density at radius 2 is 2.42 bits per heavy atom. The molecule has 12 heavy (non-hydrogen) atoms. The number of hydrogen-bond donors (Lipinski definition) is 2. The first-order valence-electron chi connectivity index (χ1n) is 3.92. The minimum absolute atomic E-state index is 0.101. The Morgan fingerprint density at radius 1 is 1.58 bits per heavy atom. The van der Waals surface area contributed by atoms with Crippen molar-refractivity contribution in [2.24, 2.45) is 0 Å². The lowest BCUT2D eigenvalue weighted by atomic mass is 10.1. The van der Waals surface area contributed by atoms with E-state index in [1.807, 2.05) is 7.05 Å². The predicted molar refractivity (Wildman–Crippen MR) is 45.5 cm³/mol. The summed E-state index contributed by atoms with van der Waals surface area (Å²) in [5.41, 5.74) is 0.869. The molecule has 0 aliphatic rings. The van der Waals surface area contributed by atoms with Crippen molar-refractivity contribution in [3.8, 4) is 0 Å². The number of nitrogens with zero attached hydrogens (tertiary/aromatic N) is 2. The first-order chi connectivity index (χ1) is 5.88. The van der Waals surface area contributed by atoms with Crippen LogP contribution in [-0.4, -0.2) is 28.7 Å². The van der Waals surface area contributed by atoms with Crippen LogP contribution in [-0.2, 0) is 0 Å². The summed E-state index contributed by atoms with van der Waals surface area (Å²) in [7, 11) is 1.84. The second-order valence-corrected chi connectivity index (χ2v) is 2.48. The summed E-state index contributed by atoms with van der Waals surface area (Å²) in [5, 5.41) is 11.8. The second kappa shape index (κ2) is 4.79. The number of hydrogen-bond acceptors (Lipinski definition) is 4. The van der Waals surface area contributed by atoms with E-state index in [9.17, 15) is 0 Å².